The van der Waals surface area contributed by atoms with Crippen molar-refractivity contribution in [2.24, 2.45) is 0 Å². The molecule has 1 fully saturated rings. The second-order valence-electron chi connectivity index (χ2n) is 12.3. The van der Waals surface area contributed by atoms with Gasteiger partial charge in [-0.25, -0.2) is 8.42 Å². The third-order valence-electron chi connectivity index (χ3n) is 9.48. The minimum Gasteiger partial charge on any atom is -0.359 e. The quantitative estimate of drug-likeness (QED) is 0.0494. The minimum atomic E-state index is -4.20. The van der Waals surface area contributed by atoms with E-state index in [4.69, 9.17) is 4.74 Å². The van der Waals surface area contributed by atoms with E-state index >= 15 is 0 Å². The number of sulfonamides is 1. The Hall–Kier alpha value is -4.45. The van der Waals surface area contributed by atoms with E-state index in [0.717, 1.165) is 26.7 Å². The van der Waals surface area contributed by atoms with Crippen LogP contribution in [0.4, 0.5) is 5.69 Å². The Morgan fingerprint density at radius 2 is 1.32 bits per heavy atom. The van der Waals surface area contributed by atoms with E-state index in [-0.39, 0.29) is 29.4 Å². The zero-order valence-electron chi connectivity index (χ0n) is 27.6. The van der Waals surface area contributed by atoms with Gasteiger partial charge in [-0.2, -0.15) is 4.31 Å². The predicted octanol–water partition coefficient (Wildman–Crippen LogP) is 8.01. The molecule has 5 aromatic rings. The lowest BCUT2D eigenvalue weighted by Crippen LogP contribution is -2.67. The van der Waals surface area contributed by atoms with Crippen LogP contribution in [-0.4, -0.2) is 61.4 Å². The summed E-state index contributed by atoms with van der Waals surface area (Å²) in [5.74, 6) is -0.133. The first kappa shape index (κ1) is 35.4. The lowest BCUT2D eigenvalue weighted by atomic mass is 9.74. The number of ether oxygens (including phenoxy) is 1. The van der Waals surface area contributed by atoms with Gasteiger partial charge in [0.1, 0.15) is 5.60 Å². The van der Waals surface area contributed by atoms with Crippen LogP contribution in [0, 0.1) is 10.1 Å². The Morgan fingerprint density at radius 3 is 1.82 bits per heavy atom. The second-order valence-corrected chi connectivity index (χ2v) is 15.2. The summed E-state index contributed by atoms with van der Waals surface area (Å²) in [6, 6.07) is 43.7. The molecule has 5 aromatic carbocycles. The van der Waals surface area contributed by atoms with Crippen LogP contribution < -0.4 is 0 Å². The van der Waals surface area contributed by atoms with Crippen LogP contribution >= 0.6 is 15.9 Å². The largest absolute Gasteiger partial charge is 0.359 e. The summed E-state index contributed by atoms with van der Waals surface area (Å²) in [5.41, 5.74) is 2.60. The lowest BCUT2D eigenvalue weighted by Gasteiger charge is -2.56. The monoisotopic (exact) mass is 751 g/mol. The average molecular weight is 753 g/mol. The van der Waals surface area contributed by atoms with Gasteiger partial charge in [-0.15, -0.1) is 6.58 Å². The lowest BCUT2D eigenvalue weighted by molar-refractivity contribution is -0.387. The fraction of sp³-hybridized carbons (Fsp3) is 0.200. The number of nitrogens with zero attached hydrogens (tertiary/aromatic N) is 3. The van der Waals surface area contributed by atoms with Crippen molar-refractivity contribution in [3.63, 3.8) is 0 Å². The molecule has 0 aliphatic carbocycles. The van der Waals surface area contributed by atoms with Gasteiger partial charge >= 0.3 is 0 Å². The van der Waals surface area contributed by atoms with Crippen molar-refractivity contribution in [1.82, 2.24) is 9.21 Å². The summed E-state index contributed by atoms with van der Waals surface area (Å²) in [7, 11) is -2.72. The van der Waals surface area contributed by atoms with Crippen LogP contribution in [0.1, 0.15) is 28.2 Å². The van der Waals surface area contributed by atoms with Gasteiger partial charge in [0.2, 0.25) is 10.0 Å². The maximum absolute atomic E-state index is 13.8. The first-order valence-corrected chi connectivity index (χ1v) is 18.5. The summed E-state index contributed by atoms with van der Waals surface area (Å²) in [6.07, 6.45) is 1.81. The third-order valence-corrected chi connectivity index (χ3v) is 11.9. The molecule has 6 rings (SSSR count). The molecule has 0 unspecified atom stereocenters. The van der Waals surface area contributed by atoms with Crippen molar-refractivity contribution in [1.29, 1.82) is 0 Å². The normalized spacial score (nSPS) is 18.0. The number of likely N-dealkylation sites (tertiary alicyclic amines) is 1. The smallest absolute Gasteiger partial charge is 0.289 e. The van der Waals surface area contributed by atoms with E-state index < -0.39 is 26.2 Å². The number of hydrogen-bond acceptors (Lipinski definition) is 6. The highest BCUT2D eigenvalue weighted by Gasteiger charge is 2.51. The topological polar surface area (TPSA) is 93.0 Å². The highest BCUT2D eigenvalue weighted by atomic mass is 79.9. The van der Waals surface area contributed by atoms with E-state index in [2.05, 4.69) is 75.9 Å². The van der Waals surface area contributed by atoms with Gasteiger partial charge in [0.25, 0.3) is 5.69 Å². The maximum atomic E-state index is 13.8. The molecule has 1 aliphatic heterocycles. The summed E-state index contributed by atoms with van der Waals surface area (Å²) in [4.78, 5) is 13.0. The number of rotatable bonds is 14. The first-order chi connectivity index (χ1) is 24.2. The molecule has 50 heavy (non-hydrogen) atoms. The average Bonchev–Trinajstić information content (AvgIpc) is 3.15. The van der Waals surface area contributed by atoms with Crippen molar-refractivity contribution < 1.29 is 18.1 Å². The molecule has 10 heteroatoms. The minimum absolute atomic E-state index is 0.0979. The van der Waals surface area contributed by atoms with Crippen molar-refractivity contribution in [3.05, 3.63) is 189 Å². The summed E-state index contributed by atoms with van der Waals surface area (Å²) in [5, 5.41) is 11.8. The number of para-hydroxylation sites is 1. The number of halogens is 1. The molecule has 0 saturated carbocycles. The first-order valence-electron chi connectivity index (χ1n) is 16.3. The van der Waals surface area contributed by atoms with Gasteiger partial charge < -0.3 is 4.74 Å². The second kappa shape index (κ2) is 15.2. The summed E-state index contributed by atoms with van der Waals surface area (Å²) < 4.78 is 37.1. The Labute approximate surface area is 302 Å². The van der Waals surface area contributed by atoms with Crippen molar-refractivity contribution in [2.45, 2.75) is 28.5 Å². The van der Waals surface area contributed by atoms with Gasteiger partial charge in [-0.1, -0.05) is 137 Å². The Bertz CT molecular complexity index is 1930. The third kappa shape index (κ3) is 6.82. The summed E-state index contributed by atoms with van der Waals surface area (Å²) in [6.45, 7) is 4.92. The molecule has 0 radical (unpaired) electrons. The number of nitro benzene ring substituents is 1. The molecular formula is C40H38BrN3O5S. The number of likely N-dealkylation sites (N-methyl/N-ethyl adjacent to an activating group) is 1. The highest BCUT2D eigenvalue weighted by Crippen LogP contribution is 2.46. The van der Waals surface area contributed by atoms with Crippen LogP contribution in [0.3, 0.4) is 0 Å². The van der Waals surface area contributed by atoms with E-state index in [0.29, 0.717) is 13.2 Å². The fourth-order valence-electron chi connectivity index (χ4n) is 7.11. The van der Waals surface area contributed by atoms with E-state index in [9.17, 15) is 18.5 Å². The van der Waals surface area contributed by atoms with E-state index in [1.807, 2.05) is 72.8 Å². The Kier molecular flexibility index (Phi) is 10.8. The molecule has 0 amide bonds. The van der Waals surface area contributed by atoms with Crippen LogP contribution in [0.2, 0.25) is 0 Å². The Balaban J connectivity index is 1.40. The molecule has 3 atom stereocenters. The SMILES string of the molecule is C=CCN1[C@H](COC(c2ccccc2)(c2ccccc2)c2ccccc2)[C@H](c2ccc(Br)cc2)[C@@H]1CN(C)S(=O)(=O)c1ccccc1[N+](=O)[O-]. The van der Waals surface area contributed by atoms with Crippen molar-refractivity contribution >= 4 is 31.6 Å². The van der Waals surface area contributed by atoms with Gasteiger partial charge in [0, 0.05) is 48.7 Å². The van der Waals surface area contributed by atoms with Gasteiger partial charge in [0.05, 0.1) is 11.5 Å². The molecule has 0 N–H and O–H groups in total. The molecule has 0 spiro atoms. The Morgan fingerprint density at radius 1 is 0.820 bits per heavy atom. The molecule has 0 aromatic heterocycles. The summed E-state index contributed by atoms with van der Waals surface area (Å²) >= 11 is 3.56. The zero-order chi connectivity index (χ0) is 35.3. The maximum Gasteiger partial charge on any atom is 0.289 e. The molecule has 256 valence electrons. The fourth-order valence-corrected chi connectivity index (χ4v) is 8.72. The van der Waals surface area contributed by atoms with Crippen molar-refractivity contribution in [2.75, 3.05) is 26.7 Å². The van der Waals surface area contributed by atoms with Crippen molar-refractivity contribution in [3.8, 4) is 0 Å². The van der Waals surface area contributed by atoms with Crippen LogP contribution in [0.25, 0.3) is 0 Å². The van der Waals surface area contributed by atoms with E-state index in [1.165, 1.54) is 35.6 Å². The highest BCUT2D eigenvalue weighted by molar-refractivity contribution is 9.10. The standard InChI is InChI=1S/C40H38BrN3O5S/c1-3-27-43-36(28-42(2)50(47,48)38-22-14-13-21-35(38)44(45)46)39(30-23-25-34(41)26-24-30)37(43)29-49-40(31-15-7-4-8-16-31,32-17-9-5-10-18-32)33-19-11-6-12-20-33/h3-26,36-37,39H,1,27-29H2,2H3/t36-,37+,39+/m0/s1. The molecule has 1 heterocycles. The molecule has 0 bridgehead atoms. The van der Waals surface area contributed by atoms with Gasteiger partial charge in [0.15, 0.2) is 4.90 Å². The van der Waals surface area contributed by atoms with E-state index in [1.54, 1.807) is 0 Å². The number of hydrogen-bond donors (Lipinski definition) is 0. The zero-order valence-corrected chi connectivity index (χ0v) is 30.0. The molecule has 1 saturated heterocycles. The predicted molar refractivity (Wildman–Crippen MR) is 199 cm³/mol. The van der Waals surface area contributed by atoms with Gasteiger partial charge in [-0.05, 0) is 40.5 Å². The molecule has 8 nitrogen and oxygen atoms in total. The number of benzene rings is 5. The van der Waals surface area contributed by atoms with Crippen LogP contribution in [0.5, 0.6) is 0 Å². The van der Waals surface area contributed by atoms with Gasteiger partial charge in [-0.3, -0.25) is 15.0 Å². The number of nitro groups is 1. The van der Waals surface area contributed by atoms with Crippen LogP contribution in [-0.2, 0) is 20.4 Å². The van der Waals surface area contributed by atoms with Crippen LogP contribution in [0.15, 0.2) is 162 Å². The molecular weight excluding hydrogens is 714 g/mol. The molecule has 1 aliphatic rings.